The van der Waals surface area contributed by atoms with Crippen molar-refractivity contribution < 1.29 is 4.74 Å². The Hall–Kier alpha value is -2.07. The van der Waals surface area contributed by atoms with Gasteiger partial charge in [-0.3, -0.25) is 4.98 Å². The lowest BCUT2D eigenvalue weighted by Crippen LogP contribution is -1.97. The topological polar surface area (TPSA) is 39.9 Å². The lowest BCUT2D eigenvalue weighted by Gasteiger charge is -2.09. The zero-order valence-corrected chi connectivity index (χ0v) is 12.3. The van der Waals surface area contributed by atoms with E-state index in [1.807, 2.05) is 36.7 Å². The van der Waals surface area contributed by atoms with Crippen LogP contribution in [-0.2, 0) is 7.05 Å². The smallest absolute Gasteiger partial charge is 0.142 e. The summed E-state index contributed by atoms with van der Waals surface area (Å²) in [6, 6.07) is 5.68. The fourth-order valence-electron chi connectivity index (χ4n) is 2.34. The first-order chi connectivity index (χ1) is 9.61. The first-order valence-corrected chi connectivity index (χ1v) is 6.60. The van der Waals surface area contributed by atoms with Gasteiger partial charge in [-0.15, -0.1) is 0 Å². The van der Waals surface area contributed by atoms with Crippen molar-refractivity contribution in [1.82, 2.24) is 14.5 Å². The maximum absolute atomic E-state index is 6.05. The number of aryl methyl sites for hydroxylation is 1. The summed E-state index contributed by atoms with van der Waals surface area (Å²) in [6.07, 6.45) is 3.51. The Morgan fingerprint density at radius 3 is 2.80 bits per heavy atom. The second-order valence-electron chi connectivity index (χ2n) is 4.64. The van der Waals surface area contributed by atoms with Gasteiger partial charge in [-0.25, -0.2) is 4.98 Å². The van der Waals surface area contributed by atoms with Crippen LogP contribution in [-0.4, -0.2) is 21.6 Å². The van der Waals surface area contributed by atoms with E-state index in [0.717, 1.165) is 33.7 Å². The third kappa shape index (κ3) is 1.93. The van der Waals surface area contributed by atoms with E-state index in [-0.39, 0.29) is 0 Å². The number of hydrogen-bond donors (Lipinski definition) is 0. The quantitative estimate of drug-likeness (QED) is 0.723. The van der Waals surface area contributed by atoms with Gasteiger partial charge in [0.15, 0.2) is 0 Å². The van der Waals surface area contributed by atoms with E-state index in [1.165, 1.54) is 0 Å². The van der Waals surface area contributed by atoms with Crippen molar-refractivity contribution in [3.8, 4) is 17.1 Å². The third-order valence-corrected chi connectivity index (χ3v) is 3.71. The SMILES string of the molecule is COc1cncc(-c2nc3ccc(Cl)cc3n2C)c1C. The van der Waals surface area contributed by atoms with Gasteiger partial charge in [-0.1, -0.05) is 11.6 Å². The fourth-order valence-corrected chi connectivity index (χ4v) is 2.51. The number of nitrogens with zero attached hydrogens (tertiary/aromatic N) is 3. The maximum Gasteiger partial charge on any atom is 0.142 e. The van der Waals surface area contributed by atoms with E-state index in [9.17, 15) is 0 Å². The fraction of sp³-hybridized carbons (Fsp3) is 0.200. The van der Waals surface area contributed by atoms with Crippen LogP contribution in [0, 0.1) is 6.92 Å². The molecule has 0 aliphatic heterocycles. The first kappa shape index (κ1) is 12.9. The number of methoxy groups -OCH3 is 1. The van der Waals surface area contributed by atoms with Gasteiger partial charge in [0.2, 0.25) is 0 Å². The van der Waals surface area contributed by atoms with E-state index in [1.54, 1.807) is 19.5 Å². The van der Waals surface area contributed by atoms with Crippen LogP contribution in [0.25, 0.3) is 22.4 Å². The Morgan fingerprint density at radius 2 is 2.05 bits per heavy atom. The van der Waals surface area contributed by atoms with Crippen LogP contribution in [0.2, 0.25) is 5.02 Å². The molecule has 0 radical (unpaired) electrons. The van der Waals surface area contributed by atoms with E-state index >= 15 is 0 Å². The molecule has 0 saturated carbocycles. The molecule has 2 heterocycles. The van der Waals surface area contributed by atoms with Crippen LogP contribution in [0.3, 0.4) is 0 Å². The monoisotopic (exact) mass is 287 g/mol. The highest BCUT2D eigenvalue weighted by Gasteiger charge is 2.14. The van der Waals surface area contributed by atoms with Gasteiger partial charge in [-0.05, 0) is 25.1 Å². The van der Waals surface area contributed by atoms with Crippen molar-refractivity contribution in [1.29, 1.82) is 0 Å². The number of benzene rings is 1. The highest BCUT2D eigenvalue weighted by atomic mass is 35.5. The number of hydrogen-bond acceptors (Lipinski definition) is 3. The minimum atomic E-state index is 0.701. The van der Waals surface area contributed by atoms with Crippen molar-refractivity contribution >= 4 is 22.6 Å². The summed E-state index contributed by atoms with van der Waals surface area (Å²) in [5.74, 6) is 1.61. The minimum absolute atomic E-state index is 0.701. The second-order valence-corrected chi connectivity index (χ2v) is 5.08. The number of fused-ring (bicyclic) bond motifs is 1. The molecule has 0 unspecified atom stereocenters. The minimum Gasteiger partial charge on any atom is -0.495 e. The van der Waals surface area contributed by atoms with Crippen LogP contribution in [0.4, 0.5) is 0 Å². The van der Waals surface area contributed by atoms with Crippen LogP contribution >= 0.6 is 11.6 Å². The average molecular weight is 288 g/mol. The number of ether oxygens (including phenoxy) is 1. The lowest BCUT2D eigenvalue weighted by molar-refractivity contribution is 0.410. The van der Waals surface area contributed by atoms with Crippen molar-refractivity contribution in [2.24, 2.45) is 7.05 Å². The summed E-state index contributed by atoms with van der Waals surface area (Å²) in [5, 5.41) is 0.701. The van der Waals surface area contributed by atoms with Crippen LogP contribution in [0.1, 0.15) is 5.56 Å². The van der Waals surface area contributed by atoms with Gasteiger partial charge in [0.1, 0.15) is 11.6 Å². The molecule has 3 rings (SSSR count). The summed E-state index contributed by atoms with van der Waals surface area (Å²) >= 11 is 6.05. The van der Waals surface area contributed by atoms with Gasteiger partial charge in [0.05, 0.1) is 24.3 Å². The number of pyridine rings is 1. The molecule has 0 spiro atoms. The van der Waals surface area contributed by atoms with Gasteiger partial charge < -0.3 is 9.30 Å². The Labute approximate surface area is 122 Å². The molecule has 0 atom stereocenters. The average Bonchev–Trinajstić information content (AvgIpc) is 2.76. The molecule has 0 aliphatic carbocycles. The zero-order chi connectivity index (χ0) is 14.3. The standard InChI is InChI=1S/C15H14ClN3O/c1-9-11(7-17-8-14(9)20-3)15-18-12-5-4-10(16)6-13(12)19(15)2/h4-8H,1-3H3. The Balaban J connectivity index is 2.27. The molecule has 2 aromatic heterocycles. The molecule has 0 aliphatic rings. The van der Waals surface area contributed by atoms with Crippen molar-refractivity contribution in [2.45, 2.75) is 6.92 Å². The van der Waals surface area contributed by atoms with E-state index in [4.69, 9.17) is 16.3 Å². The molecule has 5 heteroatoms. The van der Waals surface area contributed by atoms with Crippen molar-refractivity contribution in [3.63, 3.8) is 0 Å². The second kappa shape index (κ2) is 4.80. The predicted molar refractivity (Wildman–Crippen MR) is 80.2 cm³/mol. The lowest BCUT2D eigenvalue weighted by atomic mass is 10.1. The van der Waals surface area contributed by atoms with Crippen molar-refractivity contribution in [2.75, 3.05) is 7.11 Å². The molecule has 0 N–H and O–H groups in total. The Morgan fingerprint density at radius 1 is 1.25 bits per heavy atom. The predicted octanol–water partition coefficient (Wildman–Crippen LogP) is 3.61. The van der Waals surface area contributed by atoms with E-state index in [0.29, 0.717) is 5.02 Å². The summed E-state index contributed by atoms with van der Waals surface area (Å²) in [7, 11) is 3.61. The molecular weight excluding hydrogens is 274 g/mol. The molecule has 0 amide bonds. The molecule has 102 valence electrons. The highest BCUT2D eigenvalue weighted by molar-refractivity contribution is 6.31. The van der Waals surface area contributed by atoms with Gasteiger partial charge in [0.25, 0.3) is 0 Å². The number of imidazole rings is 1. The zero-order valence-electron chi connectivity index (χ0n) is 11.5. The third-order valence-electron chi connectivity index (χ3n) is 3.47. The van der Waals surface area contributed by atoms with E-state index in [2.05, 4.69) is 9.97 Å². The molecule has 0 fully saturated rings. The highest BCUT2D eigenvalue weighted by Crippen LogP contribution is 2.30. The summed E-state index contributed by atoms with van der Waals surface area (Å²) in [5.41, 5.74) is 3.88. The van der Waals surface area contributed by atoms with Crippen LogP contribution in [0.5, 0.6) is 5.75 Å². The maximum atomic E-state index is 6.05. The number of aromatic nitrogens is 3. The van der Waals surface area contributed by atoms with Gasteiger partial charge >= 0.3 is 0 Å². The Kier molecular flexibility index (Phi) is 3.10. The largest absolute Gasteiger partial charge is 0.495 e. The molecule has 0 bridgehead atoms. The summed E-state index contributed by atoms with van der Waals surface area (Å²) < 4.78 is 7.34. The Bertz CT molecular complexity index is 795. The number of rotatable bonds is 2. The normalized spacial score (nSPS) is 11.0. The molecular formula is C15H14ClN3O. The molecule has 0 saturated heterocycles. The molecule has 4 nitrogen and oxygen atoms in total. The first-order valence-electron chi connectivity index (χ1n) is 6.22. The van der Waals surface area contributed by atoms with Crippen LogP contribution in [0.15, 0.2) is 30.6 Å². The molecule has 1 aromatic carbocycles. The summed E-state index contributed by atoms with van der Waals surface area (Å²) in [6.45, 7) is 2.00. The van der Waals surface area contributed by atoms with Gasteiger partial charge in [-0.2, -0.15) is 0 Å². The van der Waals surface area contributed by atoms with Crippen LogP contribution < -0.4 is 4.74 Å². The van der Waals surface area contributed by atoms with Crippen molar-refractivity contribution in [3.05, 3.63) is 41.2 Å². The van der Waals surface area contributed by atoms with E-state index < -0.39 is 0 Å². The molecule has 20 heavy (non-hydrogen) atoms. The van der Waals surface area contributed by atoms with Gasteiger partial charge in [0, 0.05) is 29.4 Å². The summed E-state index contributed by atoms with van der Waals surface area (Å²) in [4.78, 5) is 8.89. The molecule has 3 aromatic rings. The number of halogens is 1.